The van der Waals surface area contributed by atoms with Gasteiger partial charge in [0.1, 0.15) is 0 Å². The number of piperidine rings is 1. The first-order valence-electron chi connectivity index (χ1n) is 6.64. The average Bonchev–Trinajstić information content (AvgIpc) is 2.83. The van der Waals surface area contributed by atoms with Crippen molar-refractivity contribution in [2.75, 3.05) is 26.3 Å². The molecule has 0 saturated carbocycles. The number of nitrogens with zero attached hydrogens (tertiary/aromatic N) is 1. The van der Waals surface area contributed by atoms with Crippen LogP contribution < -0.4 is 11.1 Å². The molecule has 2 rings (SSSR count). The van der Waals surface area contributed by atoms with Gasteiger partial charge in [0.15, 0.2) is 0 Å². The first kappa shape index (κ1) is 12.6. The lowest BCUT2D eigenvalue weighted by Crippen LogP contribution is -2.33. The minimum absolute atomic E-state index is 0.354. The van der Waals surface area contributed by atoms with Gasteiger partial charge in [0, 0.05) is 43.1 Å². The van der Waals surface area contributed by atoms with E-state index in [1.165, 1.54) is 11.3 Å². The smallest absolute Gasteiger partial charge is 0.0758 e. The first-order chi connectivity index (χ1) is 8.31. The molecule has 2 heterocycles. The third-order valence-electron chi connectivity index (χ3n) is 3.34. The van der Waals surface area contributed by atoms with Crippen molar-refractivity contribution in [2.45, 2.75) is 38.6 Å². The topological polar surface area (TPSA) is 59.6 Å². The maximum atomic E-state index is 6.15. The third-order valence-corrected chi connectivity index (χ3v) is 3.34. The van der Waals surface area contributed by atoms with E-state index in [9.17, 15) is 0 Å². The Balaban J connectivity index is 2.13. The van der Waals surface area contributed by atoms with E-state index in [4.69, 9.17) is 15.5 Å². The normalized spacial score (nSPS) is 30.9. The number of nitrogens with one attached hydrogen (secondary N) is 1. The molecule has 0 aliphatic carbocycles. The van der Waals surface area contributed by atoms with Gasteiger partial charge in [0.2, 0.25) is 0 Å². The molecule has 4 nitrogen and oxygen atoms in total. The lowest BCUT2D eigenvalue weighted by molar-refractivity contribution is 0.194. The number of hydrogen-bond donors (Lipinski definition) is 2. The predicted molar refractivity (Wildman–Crippen MR) is 70.3 cm³/mol. The van der Waals surface area contributed by atoms with Crippen LogP contribution in [0.3, 0.4) is 0 Å². The van der Waals surface area contributed by atoms with Crippen LogP contribution in [0.25, 0.3) is 0 Å². The predicted octanol–water partition coefficient (Wildman–Crippen LogP) is 1.22. The zero-order valence-corrected chi connectivity index (χ0v) is 10.7. The largest absolute Gasteiger partial charge is 0.402 e. The summed E-state index contributed by atoms with van der Waals surface area (Å²) in [6.45, 7) is 5.67. The lowest BCUT2D eigenvalue weighted by Gasteiger charge is -2.21. The van der Waals surface area contributed by atoms with Crippen LogP contribution in [-0.4, -0.2) is 38.1 Å². The summed E-state index contributed by atoms with van der Waals surface area (Å²) in [6.07, 6.45) is 4.11. The quantitative estimate of drug-likeness (QED) is 0.776. The van der Waals surface area contributed by atoms with Crippen LogP contribution >= 0.6 is 0 Å². The molecule has 2 saturated heterocycles. The number of nitrogens with two attached hydrogens (primary N) is 1. The fourth-order valence-corrected chi connectivity index (χ4v) is 2.38. The molecule has 17 heavy (non-hydrogen) atoms. The molecule has 1 atom stereocenters. The molecule has 0 spiro atoms. The Morgan fingerprint density at radius 1 is 1.59 bits per heavy atom. The molecule has 0 bridgehead atoms. The summed E-state index contributed by atoms with van der Waals surface area (Å²) in [4.78, 5) is 4.83. The number of allylic oxidation sites excluding steroid dienone is 1. The summed E-state index contributed by atoms with van der Waals surface area (Å²) in [7, 11) is 0. The van der Waals surface area contributed by atoms with Crippen molar-refractivity contribution in [2.24, 2.45) is 10.7 Å². The minimum Gasteiger partial charge on any atom is -0.402 e. The van der Waals surface area contributed by atoms with Crippen LogP contribution in [-0.2, 0) is 4.74 Å². The summed E-state index contributed by atoms with van der Waals surface area (Å²) in [5.74, 6) is 0. The van der Waals surface area contributed by atoms with Gasteiger partial charge in [-0.1, -0.05) is 13.3 Å². The van der Waals surface area contributed by atoms with Gasteiger partial charge in [-0.25, -0.2) is 0 Å². The Bertz CT molecular complexity index is 317. The third kappa shape index (κ3) is 3.30. The molecule has 4 heteroatoms. The molecule has 96 valence electrons. The second kappa shape index (κ2) is 6.17. The number of hydrogen-bond acceptors (Lipinski definition) is 4. The van der Waals surface area contributed by atoms with Crippen molar-refractivity contribution in [3.05, 3.63) is 11.3 Å². The van der Waals surface area contributed by atoms with Gasteiger partial charge in [-0.3, -0.25) is 4.99 Å². The van der Waals surface area contributed by atoms with Crippen LogP contribution in [0, 0.1) is 0 Å². The zero-order valence-electron chi connectivity index (χ0n) is 10.7. The number of rotatable bonds is 3. The molecule has 3 N–H and O–H groups in total. The first-order valence-corrected chi connectivity index (χ1v) is 6.64. The summed E-state index contributed by atoms with van der Waals surface area (Å²) in [5.41, 5.74) is 9.62. The second-order valence-corrected chi connectivity index (χ2v) is 4.77. The molecular formula is C13H23N3O. The summed E-state index contributed by atoms with van der Waals surface area (Å²) < 4.78 is 5.37. The van der Waals surface area contributed by atoms with Crippen molar-refractivity contribution in [3.8, 4) is 0 Å². The van der Waals surface area contributed by atoms with Crippen molar-refractivity contribution < 1.29 is 4.74 Å². The van der Waals surface area contributed by atoms with E-state index in [1.807, 2.05) is 0 Å². The Labute approximate surface area is 103 Å². The molecule has 2 aliphatic rings. The van der Waals surface area contributed by atoms with E-state index in [1.54, 1.807) is 0 Å². The highest BCUT2D eigenvalue weighted by molar-refractivity contribution is 6.02. The maximum absolute atomic E-state index is 6.15. The zero-order chi connectivity index (χ0) is 12.1. The summed E-state index contributed by atoms with van der Waals surface area (Å²) >= 11 is 0. The highest BCUT2D eigenvalue weighted by Crippen LogP contribution is 2.16. The minimum atomic E-state index is 0.354. The van der Waals surface area contributed by atoms with Crippen molar-refractivity contribution in [1.82, 2.24) is 5.32 Å². The molecule has 0 aromatic rings. The van der Waals surface area contributed by atoms with Crippen molar-refractivity contribution >= 4 is 5.71 Å². The second-order valence-electron chi connectivity index (χ2n) is 4.77. The van der Waals surface area contributed by atoms with Gasteiger partial charge in [-0.15, -0.1) is 0 Å². The van der Waals surface area contributed by atoms with E-state index in [0.29, 0.717) is 6.04 Å². The SMILES string of the molecule is CCC/C(N)=C1\CNCCC1=NC1CCOC1. The molecule has 0 aromatic heterocycles. The van der Waals surface area contributed by atoms with E-state index in [0.717, 1.165) is 57.7 Å². The standard InChI is InChI=1S/C13H23N3O/c1-2-3-12(14)11-8-15-6-4-13(11)16-10-5-7-17-9-10/h10,15H,2-9,14H2,1H3/b12-11-,16-13?. The Hall–Kier alpha value is -0.870. The monoisotopic (exact) mass is 237 g/mol. The molecular weight excluding hydrogens is 214 g/mol. The summed E-state index contributed by atoms with van der Waals surface area (Å²) in [6, 6.07) is 0.354. The lowest BCUT2D eigenvalue weighted by atomic mass is 9.99. The van der Waals surface area contributed by atoms with Crippen LogP contribution in [0.15, 0.2) is 16.3 Å². The van der Waals surface area contributed by atoms with Gasteiger partial charge in [-0.2, -0.15) is 0 Å². The van der Waals surface area contributed by atoms with Crippen LogP contribution in [0.5, 0.6) is 0 Å². The Kier molecular flexibility index (Phi) is 4.57. The van der Waals surface area contributed by atoms with Crippen molar-refractivity contribution in [1.29, 1.82) is 0 Å². The Morgan fingerprint density at radius 3 is 3.18 bits per heavy atom. The van der Waals surface area contributed by atoms with Gasteiger partial charge in [0.25, 0.3) is 0 Å². The molecule has 0 aromatic carbocycles. The molecule has 2 aliphatic heterocycles. The molecule has 1 unspecified atom stereocenters. The summed E-state index contributed by atoms with van der Waals surface area (Å²) in [5, 5.41) is 3.38. The van der Waals surface area contributed by atoms with Gasteiger partial charge < -0.3 is 15.8 Å². The fraction of sp³-hybridized carbons (Fsp3) is 0.769. The van der Waals surface area contributed by atoms with Gasteiger partial charge in [0.05, 0.1) is 12.6 Å². The van der Waals surface area contributed by atoms with E-state index in [2.05, 4.69) is 12.2 Å². The van der Waals surface area contributed by atoms with E-state index in [-0.39, 0.29) is 0 Å². The fourth-order valence-electron chi connectivity index (χ4n) is 2.38. The highest BCUT2D eigenvalue weighted by Gasteiger charge is 2.20. The molecule has 0 amide bonds. The average molecular weight is 237 g/mol. The van der Waals surface area contributed by atoms with Crippen molar-refractivity contribution in [3.63, 3.8) is 0 Å². The Morgan fingerprint density at radius 2 is 2.47 bits per heavy atom. The van der Waals surface area contributed by atoms with Gasteiger partial charge in [-0.05, 0) is 12.8 Å². The highest BCUT2D eigenvalue weighted by atomic mass is 16.5. The van der Waals surface area contributed by atoms with Crippen LogP contribution in [0.1, 0.15) is 32.6 Å². The number of aliphatic imine (C=N–C) groups is 1. The van der Waals surface area contributed by atoms with E-state index < -0.39 is 0 Å². The molecule has 2 fully saturated rings. The van der Waals surface area contributed by atoms with Gasteiger partial charge >= 0.3 is 0 Å². The van der Waals surface area contributed by atoms with Crippen LogP contribution in [0.4, 0.5) is 0 Å². The maximum Gasteiger partial charge on any atom is 0.0758 e. The van der Waals surface area contributed by atoms with Crippen LogP contribution in [0.2, 0.25) is 0 Å². The van der Waals surface area contributed by atoms with E-state index >= 15 is 0 Å². The molecule has 0 radical (unpaired) electrons. The number of ether oxygens (including phenoxy) is 1.